The summed E-state index contributed by atoms with van der Waals surface area (Å²) in [5.74, 6) is 0.130. The van der Waals surface area contributed by atoms with Crippen LogP contribution in [0.4, 0.5) is 10.2 Å². The summed E-state index contributed by atoms with van der Waals surface area (Å²) in [7, 11) is 0. The number of nitrogen functional groups attached to an aromatic ring is 1. The molecule has 0 spiro atoms. The molecule has 0 bridgehead atoms. The summed E-state index contributed by atoms with van der Waals surface area (Å²) < 4.78 is 14.8. The molecule has 3 heterocycles. The second-order valence-corrected chi connectivity index (χ2v) is 8.18. The summed E-state index contributed by atoms with van der Waals surface area (Å²) in [6.07, 6.45) is 1.43. The molecule has 1 fully saturated rings. The smallest absolute Gasteiger partial charge is 0.237 e. The maximum atomic E-state index is 14.8. The van der Waals surface area contributed by atoms with E-state index in [4.69, 9.17) is 17.3 Å². The zero-order chi connectivity index (χ0) is 21.5. The molecule has 3 N–H and O–H groups in total. The van der Waals surface area contributed by atoms with Crippen LogP contribution in [0.1, 0.15) is 11.3 Å². The van der Waals surface area contributed by atoms with Crippen molar-refractivity contribution in [2.45, 2.75) is 13.1 Å². The van der Waals surface area contributed by atoms with Gasteiger partial charge in [0.15, 0.2) is 5.82 Å². The molecule has 0 radical (unpaired) electrons. The van der Waals surface area contributed by atoms with E-state index in [1.165, 1.54) is 6.33 Å². The molecule has 1 amide bonds. The average Bonchev–Trinajstić information content (AvgIpc) is 3.05. The second kappa shape index (κ2) is 7.79. The van der Waals surface area contributed by atoms with Crippen molar-refractivity contribution >= 4 is 45.1 Å². The number of aromatic amines is 1. The molecule has 1 aliphatic heterocycles. The van der Waals surface area contributed by atoms with Gasteiger partial charge < -0.3 is 15.6 Å². The molecule has 158 valence electrons. The lowest BCUT2D eigenvalue weighted by molar-refractivity contribution is -0.136. The molecule has 5 rings (SSSR count). The molecular formula is C22H20ClFN6O. The summed E-state index contributed by atoms with van der Waals surface area (Å²) in [6.45, 7) is 2.29. The van der Waals surface area contributed by atoms with E-state index in [2.05, 4.69) is 15.0 Å². The highest BCUT2D eigenvalue weighted by Gasteiger charge is 2.25. The lowest BCUT2D eigenvalue weighted by Gasteiger charge is -2.34. The van der Waals surface area contributed by atoms with E-state index in [1.807, 2.05) is 28.0 Å². The number of nitrogens with two attached hydrogens (primary N) is 1. The van der Waals surface area contributed by atoms with Crippen molar-refractivity contribution in [2.24, 2.45) is 0 Å². The van der Waals surface area contributed by atoms with Gasteiger partial charge in [-0.05, 0) is 35.9 Å². The molecule has 9 heteroatoms. The van der Waals surface area contributed by atoms with Crippen molar-refractivity contribution in [3.8, 4) is 0 Å². The molecule has 0 unspecified atom stereocenters. The summed E-state index contributed by atoms with van der Waals surface area (Å²) in [4.78, 5) is 27.8. The Morgan fingerprint density at radius 2 is 1.97 bits per heavy atom. The highest BCUT2D eigenvalue weighted by atomic mass is 35.5. The number of hydrogen-bond donors (Lipinski definition) is 2. The quantitative estimate of drug-likeness (QED) is 0.510. The van der Waals surface area contributed by atoms with Gasteiger partial charge in [0.1, 0.15) is 12.1 Å². The van der Waals surface area contributed by atoms with Gasteiger partial charge in [-0.15, -0.1) is 0 Å². The zero-order valence-electron chi connectivity index (χ0n) is 16.6. The van der Waals surface area contributed by atoms with Gasteiger partial charge in [0.05, 0.1) is 17.8 Å². The number of anilines is 1. The van der Waals surface area contributed by atoms with Crippen molar-refractivity contribution in [3.05, 3.63) is 64.8 Å². The summed E-state index contributed by atoms with van der Waals surface area (Å²) in [5, 5.41) is 1.75. The minimum absolute atomic E-state index is 0.00751. The second-order valence-electron chi connectivity index (χ2n) is 7.74. The maximum absolute atomic E-state index is 14.8. The Kier molecular flexibility index (Phi) is 4.95. The van der Waals surface area contributed by atoms with Crippen LogP contribution in [0.3, 0.4) is 0 Å². The zero-order valence-corrected chi connectivity index (χ0v) is 17.4. The van der Waals surface area contributed by atoms with Gasteiger partial charge in [0.25, 0.3) is 0 Å². The molecular weight excluding hydrogens is 419 g/mol. The average molecular weight is 439 g/mol. The fourth-order valence-electron chi connectivity index (χ4n) is 4.02. The number of H-pyrrole nitrogens is 1. The third-order valence-electron chi connectivity index (χ3n) is 5.65. The summed E-state index contributed by atoms with van der Waals surface area (Å²) in [5.41, 5.74) is 8.77. The molecule has 2 aromatic carbocycles. The molecule has 2 aromatic heterocycles. The highest BCUT2D eigenvalue weighted by molar-refractivity contribution is 6.31. The van der Waals surface area contributed by atoms with Crippen LogP contribution in [0.5, 0.6) is 0 Å². The Labute approximate surface area is 182 Å². The first kappa shape index (κ1) is 19.7. The summed E-state index contributed by atoms with van der Waals surface area (Å²) in [6, 6.07) is 10.8. The topological polar surface area (TPSA) is 91.1 Å². The van der Waals surface area contributed by atoms with E-state index >= 15 is 0 Å². The number of benzene rings is 2. The number of rotatable bonds is 4. The first-order chi connectivity index (χ1) is 15.0. The first-order valence-corrected chi connectivity index (χ1v) is 10.3. The fraction of sp³-hybridized carbons (Fsp3) is 0.227. The van der Waals surface area contributed by atoms with Crippen molar-refractivity contribution in [2.75, 3.05) is 25.4 Å². The summed E-state index contributed by atoms with van der Waals surface area (Å²) >= 11 is 5.98. The van der Waals surface area contributed by atoms with Gasteiger partial charge in [-0.2, -0.15) is 0 Å². The van der Waals surface area contributed by atoms with Gasteiger partial charge in [0, 0.05) is 47.5 Å². The standard InChI is InChI=1S/C22H20ClFN6O/c23-14-2-4-17-16(8-14)21(24)19(28-17)10-29-5-6-30(20(31)11-29)9-13-1-3-15-18(7-13)26-12-27-22(15)25/h1-4,7-8,12,28H,5-6,9-11H2,(H2,25,26,27). The molecule has 1 saturated heterocycles. The predicted molar refractivity (Wildman–Crippen MR) is 118 cm³/mol. The number of carbonyl (C=O) groups excluding carboxylic acids is 1. The minimum atomic E-state index is -0.315. The van der Waals surface area contributed by atoms with E-state index in [-0.39, 0.29) is 18.3 Å². The van der Waals surface area contributed by atoms with Crippen LogP contribution in [0.25, 0.3) is 21.8 Å². The number of nitrogens with one attached hydrogen (secondary N) is 1. The van der Waals surface area contributed by atoms with Crippen LogP contribution in [0.2, 0.25) is 5.02 Å². The largest absolute Gasteiger partial charge is 0.383 e. The monoisotopic (exact) mass is 438 g/mol. The number of fused-ring (bicyclic) bond motifs is 2. The van der Waals surface area contributed by atoms with E-state index in [1.54, 1.807) is 18.2 Å². The van der Waals surface area contributed by atoms with Crippen LogP contribution < -0.4 is 5.73 Å². The van der Waals surface area contributed by atoms with Crippen LogP contribution >= 0.6 is 11.6 Å². The number of nitrogens with zero attached hydrogens (tertiary/aromatic N) is 4. The van der Waals surface area contributed by atoms with Gasteiger partial charge in [0.2, 0.25) is 5.91 Å². The lowest BCUT2D eigenvalue weighted by atomic mass is 10.1. The van der Waals surface area contributed by atoms with Gasteiger partial charge in [-0.3, -0.25) is 9.69 Å². The lowest BCUT2D eigenvalue weighted by Crippen LogP contribution is -2.49. The third kappa shape index (κ3) is 3.80. The van der Waals surface area contributed by atoms with Gasteiger partial charge in [-0.25, -0.2) is 14.4 Å². The van der Waals surface area contributed by atoms with Gasteiger partial charge in [-0.1, -0.05) is 17.7 Å². The van der Waals surface area contributed by atoms with Crippen molar-refractivity contribution < 1.29 is 9.18 Å². The van der Waals surface area contributed by atoms with E-state index < -0.39 is 0 Å². The molecule has 31 heavy (non-hydrogen) atoms. The van der Waals surface area contributed by atoms with E-state index in [9.17, 15) is 9.18 Å². The molecule has 7 nitrogen and oxygen atoms in total. The molecule has 4 aromatic rings. The number of hydrogen-bond acceptors (Lipinski definition) is 5. The SMILES string of the molecule is Nc1ncnc2cc(CN3CCN(Cc4[nH]c5ccc(Cl)cc5c4F)CC3=O)ccc12. The van der Waals surface area contributed by atoms with E-state index in [0.29, 0.717) is 53.6 Å². The van der Waals surface area contributed by atoms with Crippen LogP contribution in [-0.2, 0) is 17.9 Å². The highest BCUT2D eigenvalue weighted by Crippen LogP contribution is 2.26. The normalized spacial score (nSPS) is 15.3. The maximum Gasteiger partial charge on any atom is 0.237 e. The van der Waals surface area contributed by atoms with Crippen LogP contribution in [-0.4, -0.2) is 50.3 Å². The Balaban J connectivity index is 1.27. The predicted octanol–water partition coefficient (Wildman–Crippen LogP) is 3.33. The van der Waals surface area contributed by atoms with Crippen LogP contribution in [0.15, 0.2) is 42.7 Å². The van der Waals surface area contributed by atoms with Crippen LogP contribution in [0, 0.1) is 5.82 Å². The number of carbonyl (C=O) groups is 1. The first-order valence-electron chi connectivity index (χ1n) is 9.93. The van der Waals surface area contributed by atoms with Crippen molar-refractivity contribution in [1.82, 2.24) is 24.8 Å². The van der Waals surface area contributed by atoms with E-state index in [0.717, 1.165) is 16.5 Å². The number of halogens is 2. The van der Waals surface area contributed by atoms with Gasteiger partial charge >= 0.3 is 0 Å². The number of amides is 1. The third-order valence-corrected chi connectivity index (χ3v) is 5.89. The molecule has 0 saturated carbocycles. The Morgan fingerprint density at radius 3 is 2.81 bits per heavy atom. The Morgan fingerprint density at radius 1 is 1.10 bits per heavy atom. The molecule has 0 atom stereocenters. The Hall–Kier alpha value is -3.23. The Bertz CT molecular complexity index is 1310. The van der Waals surface area contributed by atoms with Crippen molar-refractivity contribution in [1.29, 1.82) is 0 Å². The molecule has 0 aliphatic carbocycles. The number of aromatic nitrogens is 3. The van der Waals surface area contributed by atoms with Crippen molar-refractivity contribution in [3.63, 3.8) is 0 Å². The minimum Gasteiger partial charge on any atom is -0.383 e. The fourth-order valence-corrected chi connectivity index (χ4v) is 4.19. The molecule has 1 aliphatic rings. The number of piperazine rings is 1.